The Labute approximate surface area is 102 Å². The number of halogens is 2. The zero-order valence-corrected chi connectivity index (χ0v) is 11.1. The van der Waals surface area contributed by atoms with Crippen molar-refractivity contribution in [2.45, 2.75) is 25.3 Å². The van der Waals surface area contributed by atoms with Crippen molar-refractivity contribution in [3.05, 3.63) is 32.7 Å². The molecule has 3 heteroatoms. The van der Waals surface area contributed by atoms with Crippen LogP contribution in [-0.4, -0.2) is 6.54 Å². The Morgan fingerprint density at radius 1 is 1.21 bits per heavy atom. The predicted octanol–water partition coefficient (Wildman–Crippen LogP) is 4.03. The molecule has 1 fully saturated rings. The highest BCUT2D eigenvalue weighted by Gasteiger charge is 2.17. The van der Waals surface area contributed by atoms with E-state index in [1.54, 1.807) is 0 Å². The van der Waals surface area contributed by atoms with E-state index in [2.05, 4.69) is 55.4 Å². The number of rotatable bonds is 1. The van der Waals surface area contributed by atoms with E-state index in [1.165, 1.54) is 29.3 Å². The van der Waals surface area contributed by atoms with Crippen molar-refractivity contribution in [2.75, 3.05) is 6.54 Å². The van der Waals surface area contributed by atoms with Crippen LogP contribution in [0.4, 0.5) is 0 Å². The normalized spacial score (nSPS) is 22.3. The van der Waals surface area contributed by atoms with E-state index in [9.17, 15) is 0 Å². The summed E-state index contributed by atoms with van der Waals surface area (Å²) in [6, 6.07) is 6.88. The van der Waals surface area contributed by atoms with Crippen LogP contribution in [0.15, 0.2) is 27.1 Å². The summed E-state index contributed by atoms with van der Waals surface area (Å²) < 4.78 is 2.33. The molecule has 0 saturated carbocycles. The number of nitrogens with one attached hydrogen (secondary N) is 1. The average Bonchev–Trinajstić information content (AvgIpc) is 2.23. The van der Waals surface area contributed by atoms with Gasteiger partial charge in [-0.1, -0.05) is 18.6 Å². The molecule has 1 nitrogen and oxygen atoms in total. The first-order valence-corrected chi connectivity index (χ1v) is 6.55. The zero-order valence-electron chi connectivity index (χ0n) is 7.89. The van der Waals surface area contributed by atoms with Crippen molar-refractivity contribution in [1.82, 2.24) is 5.32 Å². The second-order valence-corrected chi connectivity index (χ2v) is 5.29. The van der Waals surface area contributed by atoms with Crippen molar-refractivity contribution >= 4 is 31.9 Å². The molecule has 2 rings (SSSR count). The molecule has 0 amide bonds. The second-order valence-electron chi connectivity index (χ2n) is 3.65. The summed E-state index contributed by atoms with van der Waals surface area (Å²) in [5.41, 5.74) is 1.37. The van der Waals surface area contributed by atoms with Gasteiger partial charge in [-0.25, -0.2) is 0 Å². The van der Waals surface area contributed by atoms with Gasteiger partial charge in [-0.05, 0) is 62.9 Å². The minimum Gasteiger partial charge on any atom is -0.310 e. The maximum absolute atomic E-state index is 3.63. The van der Waals surface area contributed by atoms with Gasteiger partial charge in [0, 0.05) is 15.0 Å². The van der Waals surface area contributed by atoms with Crippen LogP contribution in [0.5, 0.6) is 0 Å². The van der Waals surface area contributed by atoms with Gasteiger partial charge in [0.25, 0.3) is 0 Å². The Kier molecular flexibility index (Phi) is 3.63. The van der Waals surface area contributed by atoms with E-state index in [-0.39, 0.29) is 0 Å². The van der Waals surface area contributed by atoms with Crippen LogP contribution in [0.2, 0.25) is 0 Å². The fourth-order valence-corrected chi connectivity index (χ4v) is 2.83. The Hall–Kier alpha value is 0.140. The molecule has 1 saturated heterocycles. The van der Waals surface area contributed by atoms with Gasteiger partial charge in [0.05, 0.1) is 0 Å². The summed E-state index contributed by atoms with van der Waals surface area (Å²) in [6.45, 7) is 1.14. The highest BCUT2D eigenvalue weighted by molar-refractivity contribution is 9.13. The van der Waals surface area contributed by atoms with E-state index >= 15 is 0 Å². The molecule has 0 aliphatic carbocycles. The SMILES string of the molecule is Brc1cccc(C2CCCCN2)c1Br. The van der Waals surface area contributed by atoms with Gasteiger partial charge < -0.3 is 5.32 Å². The summed E-state index contributed by atoms with van der Waals surface area (Å²) >= 11 is 7.17. The van der Waals surface area contributed by atoms with E-state index in [1.807, 2.05) is 0 Å². The van der Waals surface area contributed by atoms with Crippen LogP contribution >= 0.6 is 31.9 Å². The number of benzene rings is 1. The highest BCUT2D eigenvalue weighted by atomic mass is 79.9. The lowest BCUT2D eigenvalue weighted by Gasteiger charge is -2.25. The van der Waals surface area contributed by atoms with Crippen molar-refractivity contribution in [3.63, 3.8) is 0 Å². The first-order valence-electron chi connectivity index (χ1n) is 4.96. The molecule has 0 aromatic heterocycles. The van der Waals surface area contributed by atoms with E-state index in [0.29, 0.717) is 6.04 Å². The molecular weight excluding hydrogens is 306 g/mol. The summed E-state index contributed by atoms with van der Waals surface area (Å²) in [6.07, 6.45) is 3.88. The lowest BCUT2D eigenvalue weighted by molar-refractivity contribution is 0.411. The minimum absolute atomic E-state index is 0.524. The van der Waals surface area contributed by atoms with Crippen LogP contribution in [0.3, 0.4) is 0 Å². The number of hydrogen-bond donors (Lipinski definition) is 1. The first-order chi connectivity index (χ1) is 6.79. The third-order valence-corrected chi connectivity index (χ3v) is 4.75. The maximum Gasteiger partial charge on any atom is 0.0365 e. The molecular formula is C11H13Br2N. The van der Waals surface area contributed by atoms with Crippen molar-refractivity contribution in [2.24, 2.45) is 0 Å². The van der Waals surface area contributed by atoms with E-state index in [4.69, 9.17) is 0 Å². The smallest absolute Gasteiger partial charge is 0.0365 e. The fourth-order valence-electron chi connectivity index (χ4n) is 1.91. The summed E-state index contributed by atoms with van der Waals surface area (Å²) in [7, 11) is 0. The molecule has 1 unspecified atom stereocenters. The Balaban J connectivity index is 2.26. The monoisotopic (exact) mass is 317 g/mol. The molecule has 14 heavy (non-hydrogen) atoms. The number of hydrogen-bond acceptors (Lipinski definition) is 1. The van der Waals surface area contributed by atoms with Crippen LogP contribution in [-0.2, 0) is 0 Å². The van der Waals surface area contributed by atoms with Crippen molar-refractivity contribution in [1.29, 1.82) is 0 Å². The Morgan fingerprint density at radius 2 is 2.07 bits per heavy atom. The molecule has 0 radical (unpaired) electrons. The molecule has 0 bridgehead atoms. The third-order valence-electron chi connectivity index (χ3n) is 2.67. The van der Waals surface area contributed by atoms with Gasteiger partial charge in [0.15, 0.2) is 0 Å². The molecule has 1 aromatic carbocycles. The second kappa shape index (κ2) is 4.77. The maximum atomic E-state index is 3.63. The van der Waals surface area contributed by atoms with Gasteiger partial charge in [-0.3, -0.25) is 0 Å². The largest absolute Gasteiger partial charge is 0.310 e. The molecule has 0 spiro atoms. The third kappa shape index (κ3) is 2.20. The predicted molar refractivity (Wildman–Crippen MR) is 66.4 cm³/mol. The quantitative estimate of drug-likeness (QED) is 0.824. The molecule has 76 valence electrons. The summed E-state index contributed by atoms with van der Waals surface area (Å²) in [5.74, 6) is 0. The van der Waals surface area contributed by atoms with E-state index in [0.717, 1.165) is 11.0 Å². The lowest BCUT2D eigenvalue weighted by Crippen LogP contribution is -2.27. The Bertz CT molecular complexity index is 319. The van der Waals surface area contributed by atoms with Crippen LogP contribution < -0.4 is 5.32 Å². The molecule has 1 N–H and O–H groups in total. The zero-order chi connectivity index (χ0) is 9.97. The number of piperidine rings is 1. The van der Waals surface area contributed by atoms with Gasteiger partial charge in [-0.15, -0.1) is 0 Å². The Morgan fingerprint density at radius 3 is 2.79 bits per heavy atom. The standard InChI is InChI=1S/C11H13Br2N/c12-9-5-3-4-8(11(9)13)10-6-1-2-7-14-10/h3-5,10,14H,1-2,6-7H2. The van der Waals surface area contributed by atoms with Crippen LogP contribution in [0.25, 0.3) is 0 Å². The first kappa shape index (κ1) is 10.7. The summed E-state index contributed by atoms with van der Waals surface area (Å²) in [5, 5.41) is 3.55. The van der Waals surface area contributed by atoms with Crippen LogP contribution in [0, 0.1) is 0 Å². The van der Waals surface area contributed by atoms with Gasteiger partial charge in [-0.2, -0.15) is 0 Å². The lowest BCUT2D eigenvalue weighted by atomic mass is 9.98. The topological polar surface area (TPSA) is 12.0 Å². The van der Waals surface area contributed by atoms with Gasteiger partial charge in [0.1, 0.15) is 0 Å². The summed E-state index contributed by atoms with van der Waals surface area (Å²) in [4.78, 5) is 0. The molecule has 1 atom stereocenters. The fraction of sp³-hybridized carbons (Fsp3) is 0.455. The van der Waals surface area contributed by atoms with Gasteiger partial charge >= 0.3 is 0 Å². The van der Waals surface area contributed by atoms with Crippen molar-refractivity contribution in [3.8, 4) is 0 Å². The molecule has 1 aliphatic rings. The van der Waals surface area contributed by atoms with Crippen LogP contribution in [0.1, 0.15) is 30.9 Å². The van der Waals surface area contributed by atoms with E-state index < -0.39 is 0 Å². The van der Waals surface area contributed by atoms with Gasteiger partial charge in [0.2, 0.25) is 0 Å². The van der Waals surface area contributed by atoms with Crippen molar-refractivity contribution < 1.29 is 0 Å². The molecule has 1 aliphatic heterocycles. The highest BCUT2D eigenvalue weighted by Crippen LogP contribution is 2.33. The average molecular weight is 319 g/mol. The minimum atomic E-state index is 0.524. The molecule has 1 heterocycles. The molecule has 1 aromatic rings.